The molecule has 0 aliphatic rings. The molecule has 0 aliphatic heterocycles. The zero-order chi connectivity index (χ0) is 11.3. The molecule has 0 spiro atoms. The van der Waals surface area contributed by atoms with Crippen molar-refractivity contribution in [1.82, 2.24) is 0 Å². The molecule has 0 saturated carbocycles. The molecule has 78 valence electrons. The quantitative estimate of drug-likeness (QED) is 0.702. The van der Waals surface area contributed by atoms with Gasteiger partial charge in [-0.3, -0.25) is 0 Å². The second-order valence-electron chi connectivity index (χ2n) is 2.82. The number of hydrogen-bond donors (Lipinski definition) is 0. The number of nitrogens with zero attached hydrogens (tertiary/aromatic N) is 1. The number of benzene rings is 1. The van der Waals surface area contributed by atoms with E-state index in [1.807, 2.05) is 6.07 Å². The lowest BCUT2D eigenvalue weighted by molar-refractivity contribution is 0.0597. The molecule has 0 aliphatic carbocycles. The molecule has 1 rings (SSSR count). The Bertz CT molecular complexity index is 407. The highest BCUT2D eigenvalue weighted by Gasteiger charge is 2.15. The molecule has 0 atom stereocenters. The molecule has 0 heterocycles. The number of rotatable bonds is 3. The summed E-state index contributed by atoms with van der Waals surface area (Å²) in [4.78, 5) is 11.4. The van der Waals surface area contributed by atoms with Gasteiger partial charge in [-0.05, 0) is 6.07 Å². The first kappa shape index (κ1) is 11.1. The highest BCUT2D eigenvalue weighted by Crippen LogP contribution is 2.24. The molecule has 4 nitrogen and oxygen atoms in total. The summed E-state index contributed by atoms with van der Waals surface area (Å²) in [5, 5.41) is 8.60. The Labute approximate surface area is 88.0 Å². The maximum Gasteiger partial charge on any atom is 0.341 e. The van der Waals surface area contributed by atoms with Crippen LogP contribution >= 0.6 is 0 Å². The van der Waals surface area contributed by atoms with Gasteiger partial charge in [0.2, 0.25) is 0 Å². The summed E-state index contributed by atoms with van der Waals surface area (Å²) >= 11 is 0. The van der Waals surface area contributed by atoms with E-state index in [4.69, 9.17) is 10.00 Å². The third-order valence-electron chi connectivity index (χ3n) is 1.98. The maximum absolute atomic E-state index is 11.4. The molecule has 4 heteroatoms. The zero-order valence-electron chi connectivity index (χ0n) is 8.61. The molecule has 0 aromatic heterocycles. The van der Waals surface area contributed by atoms with Gasteiger partial charge in [0.1, 0.15) is 11.3 Å². The topological polar surface area (TPSA) is 59.3 Å². The largest absolute Gasteiger partial charge is 0.496 e. The van der Waals surface area contributed by atoms with Gasteiger partial charge in [-0.15, -0.1) is 0 Å². The SMILES string of the molecule is COC(=O)c1cccc(CC#N)c1OC. The Morgan fingerprint density at radius 3 is 2.73 bits per heavy atom. The fourth-order valence-corrected chi connectivity index (χ4v) is 1.32. The standard InChI is InChI=1S/C11H11NO3/c1-14-10-8(6-7-12)4-3-5-9(10)11(13)15-2/h3-5H,6H2,1-2H3. The molecule has 0 N–H and O–H groups in total. The summed E-state index contributed by atoms with van der Waals surface area (Å²) < 4.78 is 9.71. The Hall–Kier alpha value is -2.02. The first-order valence-corrected chi connectivity index (χ1v) is 4.35. The van der Waals surface area contributed by atoms with Gasteiger partial charge in [0.25, 0.3) is 0 Å². The van der Waals surface area contributed by atoms with E-state index in [1.54, 1.807) is 18.2 Å². The van der Waals surface area contributed by atoms with Crippen molar-refractivity contribution < 1.29 is 14.3 Å². The van der Waals surface area contributed by atoms with Gasteiger partial charge in [0, 0.05) is 5.56 Å². The van der Waals surface area contributed by atoms with Crippen LogP contribution in [0.2, 0.25) is 0 Å². The summed E-state index contributed by atoms with van der Waals surface area (Å²) in [6, 6.07) is 7.05. The van der Waals surface area contributed by atoms with Crippen LogP contribution in [0.5, 0.6) is 5.75 Å². The minimum Gasteiger partial charge on any atom is -0.496 e. The molecule has 1 aromatic carbocycles. The molecule has 0 bridgehead atoms. The molecule has 0 unspecified atom stereocenters. The third-order valence-corrected chi connectivity index (χ3v) is 1.98. The first-order chi connectivity index (χ1) is 7.24. The molecule has 0 fully saturated rings. The van der Waals surface area contributed by atoms with Crippen LogP contribution in [0.15, 0.2) is 18.2 Å². The van der Waals surface area contributed by atoms with Crippen LogP contribution in [0.4, 0.5) is 0 Å². The van der Waals surface area contributed by atoms with Gasteiger partial charge in [-0.25, -0.2) is 4.79 Å². The van der Waals surface area contributed by atoms with E-state index in [0.717, 1.165) is 0 Å². The van der Waals surface area contributed by atoms with Crippen LogP contribution < -0.4 is 4.74 Å². The van der Waals surface area contributed by atoms with Gasteiger partial charge in [-0.2, -0.15) is 5.26 Å². The van der Waals surface area contributed by atoms with E-state index in [2.05, 4.69) is 4.74 Å². The second kappa shape index (κ2) is 5.01. The lowest BCUT2D eigenvalue weighted by atomic mass is 10.1. The van der Waals surface area contributed by atoms with Gasteiger partial charge >= 0.3 is 5.97 Å². The van der Waals surface area contributed by atoms with Gasteiger partial charge in [0.15, 0.2) is 0 Å². The first-order valence-electron chi connectivity index (χ1n) is 4.35. The van der Waals surface area contributed by atoms with E-state index in [9.17, 15) is 4.79 Å². The zero-order valence-corrected chi connectivity index (χ0v) is 8.61. The van der Waals surface area contributed by atoms with E-state index < -0.39 is 5.97 Å². The molecular weight excluding hydrogens is 194 g/mol. The summed E-state index contributed by atoms with van der Waals surface area (Å²) in [5.74, 6) is -0.0578. The number of hydrogen-bond acceptors (Lipinski definition) is 4. The van der Waals surface area contributed by atoms with Crippen molar-refractivity contribution in [2.75, 3.05) is 14.2 Å². The predicted octanol–water partition coefficient (Wildman–Crippen LogP) is 1.55. The minimum atomic E-state index is -0.466. The normalized spacial score (nSPS) is 9.13. The van der Waals surface area contributed by atoms with Crippen molar-refractivity contribution in [2.24, 2.45) is 0 Å². The Morgan fingerprint density at radius 2 is 2.20 bits per heavy atom. The summed E-state index contributed by atoms with van der Waals surface area (Å²) in [6.07, 6.45) is 0.202. The van der Waals surface area contributed by atoms with Crippen LogP contribution in [-0.2, 0) is 11.2 Å². The van der Waals surface area contributed by atoms with Gasteiger partial charge < -0.3 is 9.47 Å². The number of carbonyl (C=O) groups is 1. The highest BCUT2D eigenvalue weighted by atomic mass is 16.5. The molecule has 15 heavy (non-hydrogen) atoms. The van der Waals surface area contributed by atoms with E-state index in [-0.39, 0.29) is 6.42 Å². The second-order valence-corrected chi connectivity index (χ2v) is 2.82. The highest BCUT2D eigenvalue weighted by molar-refractivity contribution is 5.93. The predicted molar refractivity (Wildman–Crippen MR) is 53.7 cm³/mol. The van der Waals surface area contributed by atoms with E-state index in [1.165, 1.54) is 14.2 Å². The van der Waals surface area contributed by atoms with Gasteiger partial charge in [-0.1, -0.05) is 12.1 Å². The van der Waals surface area contributed by atoms with Crippen molar-refractivity contribution >= 4 is 5.97 Å². The lowest BCUT2D eigenvalue weighted by Crippen LogP contribution is -2.05. The number of esters is 1. The van der Waals surface area contributed by atoms with Crippen LogP contribution in [0.1, 0.15) is 15.9 Å². The smallest absolute Gasteiger partial charge is 0.341 e. The van der Waals surface area contributed by atoms with E-state index >= 15 is 0 Å². The Morgan fingerprint density at radius 1 is 1.47 bits per heavy atom. The fraction of sp³-hybridized carbons (Fsp3) is 0.273. The van der Waals surface area contributed by atoms with Crippen molar-refractivity contribution in [3.8, 4) is 11.8 Å². The van der Waals surface area contributed by atoms with Crippen molar-refractivity contribution in [2.45, 2.75) is 6.42 Å². The van der Waals surface area contributed by atoms with Crippen molar-refractivity contribution in [3.05, 3.63) is 29.3 Å². The molecule has 0 radical (unpaired) electrons. The number of para-hydroxylation sites is 1. The Balaban J connectivity index is 3.22. The van der Waals surface area contributed by atoms with Crippen LogP contribution in [0, 0.1) is 11.3 Å². The maximum atomic E-state index is 11.4. The van der Waals surface area contributed by atoms with E-state index in [0.29, 0.717) is 16.9 Å². The molecule has 1 aromatic rings. The molecule has 0 saturated heterocycles. The minimum absolute atomic E-state index is 0.202. The summed E-state index contributed by atoms with van der Waals surface area (Å²) in [6.45, 7) is 0. The summed E-state index contributed by atoms with van der Waals surface area (Å²) in [7, 11) is 2.77. The number of nitriles is 1. The Kier molecular flexibility index (Phi) is 3.69. The van der Waals surface area contributed by atoms with Crippen LogP contribution in [0.25, 0.3) is 0 Å². The third kappa shape index (κ3) is 2.26. The van der Waals surface area contributed by atoms with Crippen molar-refractivity contribution in [1.29, 1.82) is 5.26 Å². The fourth-order valence-electron chi connectivity index (χ4n) is 1.32. The molecular formula is C11H11NO3. The number of methoxy groups -OCH3 is 2. The summed E-state index contributed by atoms with van der Waals surface area (Å²) in [5.41, 5.74) is 1.02. The number of carbonyl (C=O) groups excluding carboxylic acids is 1. The molecule has 0 amide bonds. The van der Waals surface area contributed by atoms with Crippen molar-refractivity contribution in [3.63, 3.8) is 0 Å². The average Bonchev–Trinajstić information content (AvgIpc) is 2.28. The van der Waals surface area contributed by atoms with Gasteiger partial charge in [0.05, 0.1) is 26.7 Å². The number of ether oxygens (including phenoxy) is 2. The monoisotopic (exact) mass is 205 g/mol. The van der Waals surface area contributed by atoms with Crippen LogP contribution in [0.3, 0.4) is 0 Å². The lowest BCUT2D eigenvalue weighted by Gasteiger charge is -2.09. The van der Waals surface area contributed by atoms with Crippen LogP contribution in [-0.4, -0.2) is 20.2 Å². The average molecular weight is 205 g/mol.